The van der Waals surface area contributed by atoms with E-state index in [0.717, 1.165) is 29.1 Å². The summed E-state index contributed by atoms with van der Waals surface area (Å²) in [6.45, 7) is 5.89. The smallest absolute Gasteiger partial charge is 0.376 e. The van der Waals surface area contributed by atoms with Crippen LogP contribution in [0.15, 0.2) is 30.6 Å². The molecular weight excluding hydrogens is 429 g/mol. The number of nitrogens with zero attached hydrogens (tertiary/aromatic N) is 4. The Balaban J connectivity index is 1.85. The van der Waals surface area contributed by atoms with Crippen LogP contribution in [0.25, 0.3) is 16.8 Å². The molecule has 0 spiro atoms. The number of hydrogen-bond acceptors (Lipinski definition) is 4. The molecule has 1 aliphatic heterocycles. The van der Waals surface area contributed by atoms with Crippen molar-refractivity contribution in [2.24, 2.45) is 5.41 Å². The standard InChI is InChI=1S/C22H22ClF3N4O/c1-12-28-29-18-6-5-13-7-14(9-17(23)19(13)30(12)18)15-8-16(11-27-10-15)21(31,20(2,3)4)22(24,25)26/h7-11,31H,5-6H2,1-4H3. The first-order chi connectivity index (χ1) is 14.3. The quantitative estimate of drug-likeness (QED) is 0.584. The van der Waals surface area contributed by atoms with Gasteiger partial charge in [0.15, 0.2) is 5.60 Å². The van der Waals surface area contributed by atoms with Gasteiger partial charge in [-0.2, -0.15) is 13.2 Å². The van der Waals surface area contributed by atoms with Gasteiger partial charge in [0.1, 0.15) is 11.6 Å². The van der Waals surface area contributed by atoms with E-state index in [0.29, 0.717) is 29.0 Å². The number of benzene rings is 1. The minimum atomic E-state index is -4.87. The number of rotatable bonds is 2. The van der Waals surface area contributed by atoms with Crippen LogP contribution in [0, 0.1) is 12.3 Å². The highest BCUT2D eigenvalue weighted by Crippen LogP contribution is 2.51. The highest BCUT2D eigenvalue weighted by atomic mass is 35.5. The van der Waals surface area contributed by atoms with Crippen LogP contribution >= 0.6 is 11.6 Å². The summed E-state index contributed by atoms with van der Waals surface area (Å²) in [6.07, 6.45) is -0.970. The fraction of sp³-hybridized carbons (Fsp3) is 0.409. The van der Waals surface area contributed by atoms with Crippen molar-refractivity contribution in [2.45, 2.75) is 52.3 Å². The Kier molecular flexibility index (Phi) is 4.94. The Morgan fingerprint density at radius 3 is 2.35 bits per heavy atom. The molecule has 5 nitrogen and oxygen atoms in total. The number of aromatic nitrogens is 4. The van der Waals surface area contributed by atoms with Crippen molar-refractivity contribution in [1.82, 2.24) is 19.7 Å². The van der Waals surface area contributed by atoms with Gasteiger partial charge in [-0.15, -0.1) is 10.2 Å². The molecule has 0 bridgehead atoms. The first kappa shape index (κ1) is 21.8. The van der Waals surface area contributed by atoms with E-state index in [1.54, 1.807) is 6.07 Å². The molecular formula is C22H22ClF3N4O. The van der Waals surface area contributed by atoms with Crippen LogP contribution in [0.4, 0.5) is 13.2 Å². The zero-order chi connectivity index (χ0) is 22.8. The predicted molar refractivity (Wildman–Crippen MR) is 111 cm³/mol. The largest absolute Gasteiger partial charge is 0.422 e. The number of hydrogen-bond donors (Lipinski definition) is 1. The Morgan fingerprint density at radius 2 is 1.71 bits per heavy atom. The molecule has 1 N–H and O–H groups in total. The van der Waals surface area contributed by atoms with E-state index in [4.69, 9.17) is 11.6 Å². The Morgan fingerprint density at radius 1 is 1.00 bits per heavy atom. The Labute approximate surface area is 182 Å². The third-order valence-corrected chi connectivity index (χ3v) is 6.15. The van der Waals surface area contributed by atoms with Gasteiger partial charge >= 0.3 is 6.18 Å². The Hall–Kier alpha value is -2.45. The van der Waals surface area contributed by atoms with Gasteiger partial charge in [0, 0.05) is 35.4 Å². The normalized spacial score (nSPS) is 15.9. The van der Waals surface area contributed by atoms with Crippen molar-refractivity contribution in [2.75, 3.05) is 0 Å². The highest BCUT2D eigenvalue weighted by Gasteiger charge is 2.61. The van der Waals surface area contributed by atoms with E-state index in [1.807, 2.05) is 17.6 Å². The third-order valence-electron chi connectivity index (χ3n) is 5.86. The van der Waals surface area contributed by atoms with Crippen molar-refractivity contribution in [3.8, 4) is 16.8 Å². The summed E-state index contributed by atoms with van der Waals surface area (Å²) in [4.78, 5) is 4.01. The van der Waals surface area contributed by atoms with Gasteiger partial charge in [0.05, 0.1) is 10.7 Å². The second-order valence-corrected chi connectivity index (χ2v) is 9.29. The zero-order valence-corrected chi connectivity index (χ0v) is 18.3. The molecule has 3 heterocycles. The molecule has 1 atom stereocenters. The maximum atomic E-state index is 13.9. The molecule has 1 aromatic carbocycles. The van der Waals surface area contributed by atoms with Gasteiger partial charge in [-0.05, 0) is 42.7 Å². The maximum Gasteiger partial charge on any atom is 0.422 e. The number of aliphatic hydroxyl groups is 1. The minimum absolute atomic E-state index is 0.309. The highest BCUT2D eigenvalue weighted by molar-refractivity contribution is 6.33. The van der Waals surface area contributed by atoms with Crippen LogP contribution in [0.5, 0.6) is 0 Å². The molecule has 0 fully saturated rings. The summed E-state index contributed by atoms with van der Waals surface area (Å²) in [7, 11) is 0. The van der Waals surface area contributed by atoms with Crippen molar-refractivity contribution in [3.63, 3.8) is 0 Å². The molecule has 3 aromatic rings. The third kappa shape index (κ3) is 3.32. The monoisotopic (exact) mass is 450 g/mol. The molecule has 164 valence electrons. The molecule has 0 radical (unpaired) electrons. The van der Waals surface area contributed by atoms with Crippen molar-refractivity contribution in [3.05, 3.63) is 58.4 Å². The molecule has 0 aliphatic carbocycles. The summed E-state index contributed by atoms with van der Waals surface area (Å²) in [6, 6.07) is 4.93. The molecule has 9 heteroatoms. The van der Waals surface area contributed by atoms with Gasteiger partial charge in [0.25, 0.3) is 0 Å². The number of fused-ring (bicyclic) bond motifs is 3. The van der Waals surface area contributed by atoms with E-state index in [9.17, 15) is 18.3 Å². The van der Waals surface area contributed by atoms with E-state index in [2.05, 4.69) is 15.2 Å². The van der Waals surface area contributed by atoms with Crippen LogP contribution < -0.4 is 0 Å². The molecule has 1 unspecified atom stereocenters. The molecule has 0 amide bonds. The summed E-state index contributed by atoms with van der Waals surface area (Å²) in [5.74, 6) is 1.54. The topological polar surface area (TPSA) is 63.8 Å². The number of alkyl halides is 3. The molecule has 4 rings (SSSR count). The number of halogens is 4. The van der Waals surface area contributed by atoms with Gasteiger partial charge < -0.3 is 5.11 Å². The maximum absolute atomic E-state index is 13.9. The Bertz CT molecular complexity index is 1150. The summed E-state index contributed by atoms with van der Waals surface area (Å²) < 4.78 is 43.7. The minimum Gasteiger partial charge on any atom is -0.376 e. The van der Waals surface area contributed by atoms with E-state index < -0.39 is 17.2 Å². The van der Waals surface area contributed by atoms with Gasteiger partial charge in [-0.25, -0.2) is 0 Å². The molecule has 31 heavy (non-hydrogen) atoms. The first-order valence-electron chi connectivity index (χ1n) is 9.83. The molecule has 1 aliphatic rings. The SMILES string of the molecule is Cc1nnc2n1-c1c(Cl)cc(-c3cncc(C(O)(C(C)(C)C)C(F)(F)F)c3)cc1CC2. The molecule has 0 saturated heterocycles. The fourth-order valence-electron chi connectivity index (χ4n) is 4.19. The second kappa shape index (κ2) is 7.03. The number of pyridine rings is 1. The summed E-state index contributed by atoms with van der Waals surface area (Å²) in [5.41, 5.74) is -2.05. The average molecular weight is 451 g/mol. The van der Waals surface area contributed by atoms with Crippen LogP contribution in [-0.4, -0.2) is 31.0 Å². The predicted octanol–water partition coefficient (Wildman–Crippen LogP) is 5.19. The fourth-order valence-corrected chi connectivity index (χ4v) is 4.51. The number of aryl methyl sites for hydroxylation is 3. The average Bonchev–Trinajstić information content (AvgIpc) is 3.06. The van der Waals surface area contributed by atoms with Crippen molar-refractivity contribution in [1.29, 1.82) is 0 Å². The van der Waals surface area contributed by atoms with Crippen LogP contribution in [0.2, 0.25) is 5.02 Å². The zero-order valence-electron chi connectivity index (χ0n) is 17.5. The lowest BCUT2D eigenvalue weighted by Crippen LogP contribution is -2.52. The lowest BCUT2D eigenvalue weighted by molar-refractivity contribution is -0.302. The van der Waals surface area contributed by atoms with E-state index >= 15 is 0 Å². The van der Waals surface area contributed by atoms with Crippen LogP contribution in [0.1, 0.15) is 43.5 Å². The lowest BCUT2D eigenvalue weighted by atomic mass is 9.71. The van der Waals surface area contributed by atoms with Crippen LogP contribution in [0.3, 0.4) is 0 Å². The second-order valence-electron chi connectivity index (χ2n) is 8.89. The summed E-state index contributed by atoms with van der Waals surface area (Å²) >= 11 is 6.60. The van der Waals surface area contributed by atoms with Gasteiger partial charge in [-0.1, -0.05) is 32.4 Å². The molecule has 2 aromatic heterocycles. The van der Waals surface area contributed by atoms with Gasteiger partial charge in [0.2, 0.25) is 0 Å². The van der Waals surface area contributed by atoms with Crippen molar-refractivity contribution < 1.29 is 18.3 Å². The van der Waals surface area contributed by atoms with Crippen LogP contribution in [-0.2, 0) is 18.4 Å². The van der Waals surface area contributed by atoms with Gasteiger partial charge in [-0.3, -0.25) is 9.55 Å². The van der Waals surface area contributed by atoms with E-state index in [-0.39, 0.29) is 5.56 Å². The van der Waals surface area contributed by atoms with Crippen molar-refractivity contribution >= 4 is 11.6 Å². The molecule has 0 saturated carbocycles. The lowest BCUT2D eigenvalue weighted by Gasteiger charge is -2.41. The first-order valence-corrected chi connectivity index (χ1v) is 10.2. The van der Waals surface area contributed by atoms with E-state index in [1.165, 1.54) is 33.0 Å². The summed E-state index contributed by atoms with van der Waals surface area (Å²) in [5, 5.41) is 19.5.